The predicted molar refractivity (Wildman–Crippen MR) is 102 cm³/mol. The van der Waals surface area contributed by atoms with E-state index in [2.05, 4.69) is 20.9 Å². The van der Waals surface area contributed by atoms with Gasteiger partial charge in [-0.25, -0.2) is 4.98 Å². The van der Waals surface area contributed by atoms with Crippen molar-refractivity contribution in [3.8, 4) is 28.5 Å². The minimum absolute atomic E-state index is 0.550. The standard InChI is InChI=1S/C18H17BrN2O2S/c1-10-8-14(23-13-6-4-12(22-3)5-7-13)9-11(2)15(10)16-17(19)24-18(20)21-16/h4-9H,1-3H3,(H2,20,21). The quantitative estimate of drug-likeness (QED) is 0.616. The molecule has 124 valence electrons. The number of methoxy groups -OCH3 is 1. The monoisotopic (exact) mass is 404 g/mol. The minimum Gasteiger partial charge on any atom is -0.497 e. The SMILES string of the molecule is COc1ccc(Oc2cc(C)c(-c3nc(N)sc3Br)c(C)c2)cc1. The summed E-state index contributed by atoms with van der Waals surface area (Å²) in [4.78, 5) is 4.43. The van der Waals surface area contributed by atoms with E-state index >= 15 is 0 Å². The zero-order valence-electron chi connectivity index (χ0n) is 13.6. The number of aromatic nitrogens is 1. The van der Waals surface area contributed by atoms with Crippen molar-refractivity contribution in [2.75, 3.05) is 12.8 Å². The molecule has 2 aromatic carbocycles. The Balaban J connectivity index is 1.93. The largest absolute Gasteiger partial charge is 0.497 e. The molecule has 0 unspecified atom stereocenters. The highest BCUT2D eigenvalue weighted by atomic mass is 79.9. The number of anilines is 1. The topological polar surface area (TPSA) is 57.4 Å². The smallest absolute Gasteiger partial charge is 0.181 e. The first-order valence-electron chi connectivity index (χ1n) is 7.33. The maximum Gasteiger partial charge on any atom is 0.181 e. The Bertz CT molecular complexity index is 852. The van der Waals surface area contributed by atoms with Gasteiger partial charge in [-0.05, 0) is 77.3 Å². The van der Waals surface area contributed by atoms with Crippen LogP contribution in [0.4, 0.5) is 5.13 Å². The molecular formula is C18H17BrN2O2S. The van der Waals surface area contributed by atoms with Crippen molar-refractivity contribution in [1.82, 2.24) is 4.98 Å². The van der Waals surface area contributed by atoms with Crippen LogP contribution in [0, 0.1) is 13.8 Å². The van der Waals surface area contributed by atoms with Crippen LogP contribution < -0.4 is 15.2 Å². The van der Waals surface area contributed by atoms with Crippen LogP contribution in [-0.4, -0.2) is 12.1 Å². The number of ether oxygens (including phenoxy) is 2. The summed E-state index contributed by atoms with van der Waals surface area (Å²) in [6.45, 7) is 4.09. The molecule has 0 bridgehead atoms. The van der Waals surface area contributed by atoms with E-state index in [1.165, 1.54) is 11.3 Å². The molecule has 6 heteroatoms. The number of nitrogen functional groups attached to an aromatic ring is 1. The number of hydrogen-bond acceptors (Lipinski definition) is 5. The van der Waals surface area contributed by atoms with Gasteiger partial charge in [-0.2, -0.15) is 0 Å². The second-order valence-corrected chi connectivity index (χ2v) is 7.73. The number of thiazole rings is 1. The van der Waals surface area contributed by atoms with Gasteiger partial charge in [0.15, 0.2) is 5.13 Å². The molecule has 0 fully saturated rings. The number of nitrogens with two attached hydrogens (primary N) is 1. The van der Waals surface area contributed by atoms with Crippen LogP contribution in [0.3, 0.4) is 0 Å². The van der Waals surface area contributed by atoms with Gasteiger partial charge in [0.05, 0.1) is 16.6 Å². The first kappa shape index (κ1) is 16.8. The lowest BCUT2D eigenvalue weighted by Gasteiger charge is -2.13. The Kier molecular flexibility index (Phi) is 4.78. The zero-order chi connectivity index (χ0) is 17.3. The summed E-state index contributed by atoms with van der Waals surface area (Å²) in [5.74, 6) is 2.36. The molecule has 0 aliphatic heterocycles. The van der Waals surface area contributed by atoms with E-state index < -0.39 is 0 Å². The van der Waals surface area contributed by atoms with Crippen molar-refractivity contribution in [2.24, 2.45) is 0 Å². The maximum atomic E-state index is 5.96. The molecule has 4 nitrogen and oxygen atoms in total. The fourth-order valence-corrected chi connectivity index (χ4v) is 3.96. The second-order valence-electron chi connectivity index (χ2n) is 5.38. The normalized spacial score (nSPS) is 10.7. The second kappa shape index (κ2) is 6.83. The third-order valence-corrected chi connectivity index (χ3v) is 5.17. The molecule has 0 spiro atoms. The summed E-state index contributed by atoms with van der Waals surface area (Å²) in [6.07, 6.45) is 0. The molecule has 2 N–H and O–H groups in total. The summed E-state index contributed by atoms with van der Waals surface area (Å²) < 4.78 is 12.1. The molecule has 3 aromatic rings. The van der Waals surface area contributed by atoms with Crippen LogP contribution >= 0.6 is 27.3 Å². The molecule has 0 aliphatic rings. The van der Waals surface area contributed by atoms with Crippen molar-refractivity contribution in [2.45, 2.75) is 13.8 Å². The third kappa shape index (κ3) is 3.39. The molecule has 0 aliphatic carbocycles. The van der Waals surface area contributed by atoms with E-state index in [9.17, 15) is 0 Å². The lowest BCUT2D eigenvalue weighted by atomic mass is 10.0. The number of nitrogens with zero attached hydrogens (tertiary/aromatic N) is 1. The Hall–Kier alpha value is -2.05. The zero-order valence-corrected chi connectivity index (χ0v) is 16.0. The lowest BCUT2D eigenvalue weighted by molar-refractivity contribution is 0.413. The molecule has 0 radical (unpaired) electrons. The van der Waals surface area contributed by atoms with Crippen LogP contribution in [-0.2, 0) is 0 Å². The minimum atomic E-state index is 0.550. The van der Waals surface area contributed by atoms with Gasteiger partial charge in [-0.3, -0.25) is 0 Å². The van der Waals surface area contributed by atoms with Crippen molar-refractivity contribution in [3.63, 3.8) is 0 Å². The molecule has 0 atom stereocenters. The lowest BCUT2D eigenvalue weighted by Crippen LogP contribution is -1.93. The molecule has 1 aromatic heterocycles. The van der Waals surface area contributed by atoms with Crippen molar-refractivity contribution in [3.05, 3.63) is 51.3 Å². The number of rotatable bonds is 4. The van der Waals surface area contributed by atoms with Crippen molar-refractivity contribution >= 4 is 32.4 Å². The Morgan fingerprint density at radius 3 is 2.08 bits per heavy atom. The van der Waals surface area contributed by atoms with E-state index in [1.54, 1.807) is 7.11 Å². The van der Waals surface area contributed by atoms with Gasteiger partial charge in [-0.1, -0.05) is 11.3 Å². The maximum absolute atomic E-state index is 5.96. The predicted octanol–water partition coefficient (Wildman–Crippen LogP) is 5.57. The van der Waals surface area contributed by atoms with Crippen LogP contribution in [0.2, 0.25) is 0 Å². The number of hydrogen-bond donors (Lipinski definition) is 1. The van der Waals surface area contributed by atoms with E-state index in [-0.39, 0.29) is 0 Å². The van der Waals surface area contributed by atoms with E-state index in [4.69, 9.17) is 15.2 Å². The van der Waals surface area contributed by atoms with Gasteiger partial charge < -0.3 is 15.2 Å². The van der Waals surface area contributed by atoms with E-state index in [0.717, 1.165) is 43.4 Å². The summed E-state index contributed by atoms with van der Waals surface area (Å²) in [7, 11) is 1.64. The van der Waals surface area contributed by atoms with Crippen LogP contribution in [0.15, 0.2) is 40.2 Å². The highest BCUT2D eigenvalue weighted by Crippen LogP contribution is 2.39. The molecule has 1 heterocycles. The van der Waals surface area contributed by atoms with Gasteiger partial charge in [0.1, 0.15) is 17.2 Å². The molecule has 0 saturated heterocycles. The summed E-state index contributed by atoms with van der Waals surface area (Å²) in [6, 6.07) is 11.5. The third-order valence-electron chi connectivity index (χ3n) is 3.64. The average Bonchev–Trinajstić information content (AvgIpc) is 2.86. The van der Waals surface area contributed by atoms with Gasteiger partial charge in [0.2, 0.25) is 0 Å². The highest BCUT2D eigenvalue weighted by molar-refractivity contribution is 9.11. The Morgan fingerprint density at radius 2 is 1.58 bits per heavy atom. The highest BCUT2D eigenvalue weighted by Gasteiger charge is 2.15. The van der Waals surface area contributed by atoms with Crippen LogP contribution in [0.5, 0.6) is 17.2 Å². The van der Waals surface area contributed by atoms with Crippen molar-refractivity contribution in [1.29, 1.82) is 0 Å². The fourth-order valence-electron chi connectivity index (χ4n) is 2.61. The van der Waals surface area contributed by atoms with Gasteiger partial charge >= 0.3 is 0 Å². The summed E-state index contributed by atoms with van der Waals surface area (Å²) >= 11 is 4.97. The number of aryl methyl sites for hydroxylation is 2. The van der Waals surface area contributed by atoms with Gasteiger partial charge in [0, 0.05) is 5.56 Å². The number of benzene rings is 2. The van der Waals surface area contributed by atoms with Crippen LogP contribution in [0.25, 0.3) is 11.3 Å². The fraction of sp³-hybridized carbons (Fsp3) is 0.167. The molecular weight excluding hydrogens is 388 g/mol. The molecule has 0 amide bonds. The summed E-state index contributed by atoms with van der Waals surface area (Å²) in [5.41, 5.74) is 9.95. The van der Waals surface area contributed by atoms with Crippen molar-refractivity contribution < 1.29 is 9.47 Å². The molecule has 3 rings (SSSR count). The first-order chi connectivity index (χ1) is 11.5. The first-order valence-corrected chi connectivity index (χ1v) is 8.94. The molecule has 24 heavy (non-hydrogen) atoms. The van der Waals surface area contributed by atoms with Gasteiger partial charge in [-0.15, -0.1) is 0 Å². The Labute approximate surface area is 153 Å². The van der Waals surface area contributed by atoms with Crippen LogP contribution in [0.1, 0.15) is 11.1 Å². The van der Waals surface area contributed by atoms with E-state index in [0.29, 0.717) is 5.13 Å². The van der Waals surface area contributed by atoms with E-state index in [1.807, 2.05) is 50.2 Å². The Morgan fingerprint density at radius 1 is 1.00 bits per heavy atom. The number of halogens is 1. The average molecular weight is 405 g/mol. The van der Waals surface area contributed by atoms with Gasteiger partial charge in [0.25, 0.3) is 0 Å². The summed E-state index contributed by atoms with van der Waals surface area (Å²) in [5, 5.41) is 0.550. The molecule has 0 saturated carbocycles.